The smallest absolute Gasteiger partial charge is 0.408 e. The topological polar surface area (TPSA) is 159 Å². The molecule has 12 heteroatoms. The monoisotopic (exact) mass is 490 g/mol. The largest absolute Gasteiger partial charge is 0.455 e. The number of aromatic nitrogens is 1. The number of fused-ring (bicyclic) bond motifs is 1. The van der Waals surface area contributed by atoms with Gasteiger partial charge in [-0.2, -0.15) is 0 Å². The molecule has 0 radical (unpaired) electrons. The minimum absolute atomic E-state index is 0.0890. The number of nitrogens with zero attached hydrogens (tertiary/aromatic N) is 2. The van der Waals surface area contributed by atoms with Crippen LogP contribution in [0.3, 0.4) is 0 Å². The third-order valence-corrected chi connectivity index (χ3v) is 4.46. The maximum absolute atomic E-state index is 12.5. The summed E-state index contributed by atoms with van der Waals surface area (Å²) in [6, 6.07) is 4.83. The molecule has 1 aromatic carbocycles. The lowest BCUT2D eigenvalue weighted by atomic mass is 10.0. The Kier molecular flexibility index (Phi) is 9.32. The molecule has 0 aliphatic rings. The molecule has 0 spiro atoms. The summed E-state index contributed by atoms with van der Waals surface area (Å²) < 4.78 is 15.6. The summed E-state index contributed by atoms with van der Waals surface area (Å²) >= 11 is 0. The number of nitro benzene ring substituents is 1. The average Bonchev–Trinajstić information content (AvgIpc) is 2.75. The van der Waals surface area contributed by atoms with Gasteiger partial charge in [0.1, 0.15) is 29.5 Å². The highest BCUT2D eigenvalue weighted by atomic mass is 16.7. The maximum atomic E-state index is 12.5. The molecule has 2 rings (SSSR count). The van der Waals surface area contributed by atoms with Crippen LogP contribution in [0.25, 0.3) is 10.9 Å². The molecule has 1 heterocycles. The van der Waals surface area contributed by atoms with Crippen LogP contribution in [0.2, 0.25) is 0 Å². The van der Waals surface area contributed by atoms with Gasteiger partial charge in [0.25, 0.3) is 5.69 Å². The van der Waals surface area contributed by atoms with E-state index >= 15 is 0 Å². The average molecular weight is 491 g/mol. The molecule has 0 bridgehead atoms. The van der Waals surface area contributed by atoms with Crippen molar-refractivity contribution in [2.45, 2.75) is 52.7 Å². The number of nitro groups is 1. The van der Waals surface area contributed by atoms with Gasteiger partial charge in [-0.25, -0.2) is 4.79 Å². The zero-order chi connectivity index (χ0) is 26.2. The van der Waals surface area contributed by atoms with Crippen molar-refractivity contribution in [1.82, 2.24) is 15.6 Å². The third kappa shape index (κ3) is 8.72. The van der Waals surface area contributed by atoms with E-state index in [0.29, 0.717) is 6.42 Å². The van der Waals surface area contributed by atoms with Crippen LogP contribution < -0.4 is 15.4 Å². The number of non-ortho nitro benzene ring substituents is 1. The lowest BCUT2D eigenvalue weighted by Crippen LogP contribution is -2.49. The van der Waals surface area contributed by atoms with Gasteiger partial charge in [0.2, 0.25) is 12.7 Å². The van der Waals surface area contributed by atoms with Crippen LogP contribution in [-0.4, -0.2) is 52.9 Å². The van der Waals surface area contributed by atoms with E-state index < -0.39 is 47.9 Å². The normalized spacial score (nSPS) is 12.1. The van der Waals surface area contributed by atoms with Gasteiger partial charge >= 0.3 is 12.1 Å². The molecule has 2 aromatic rings. The van der Waals surface area contributed by atoms with Gasteiger partial charge in [-0.05, 0) is 51.3 Å². The number of hydrogen-bond donors (Lipinski definition) is 2. The molecule has 2 N–H and O–H groups in total. The minimum Gasteiger partial charge on any atom is -0.455 e. The molecule has 0 fully saturated rings. The number of alkyl carbamates (subject to hydrolysis) is 1. The zero-order valence-electron chi connectivity index (χ0n) is 20.3. The Labute approximate surface area is 202 Å². The van der Waals surface area contributed by atoms with Crippen LogP contribution >= 0.6 is 0 Å². The fourth-order valence-corrected chi connectivity index (χ4v) is 3.05. The molecule has 2 amide bonds. The second-order valence-corrected chi connectivity index (χ2v) is 9.06. The number of carbonyl (C=O) groups excluding carboxylic acids is 3. The standard InChI is InChI=1S/C23H30N4O8/c1-14(2)11-16(26-22(30)35-23(3,4)5)21(29)25-12-19(28)34-13-33-18-9-8-17(27(31)32)15-7-6-10-24-20(15)18/h6-10,14,16H,11-13H2,1-5H3,(H,25,29)(H,26,30)/t16-/m0/s1. The SMILES string of the molecule is CC(C)C[C@H](NC(=O)OC(C)(C)C)C(=O)NCC(=O)OCOc1ccc([N+](=O)[O-])c2cccnc12. The number of rotatable bonds is 10. The second-order valence-electron chi connectivity index (χ2n) is 9.06. The van der Waals surface area contributed by atoms with Crippen molar-refractivity contribution in [2.75, 3.05) is 13.3 Å². The Bertz CT molecular complexity index is 1080. The van der Waals surface area contributed by atoms with Crippen LogP contribution in [0, 0.1) is 16.0 Å². The van der Waals surface area contributed by atoms with Gasteiger partial charge in [-0.1, -0.05) is 13.8 Å². The Morgan fingerprint density at radius 1 is 1.17 bits per heavy atom. The zero-order valence-corrected chi connectivity index (χ0v) is 20.3. The van der Waals surface area contributed by atoms with E-state index in [2.05, 4.69) is 15.6 Å². The number of hydrogen-bond acceptors (Lipinski definition) is 9. The first-order chi connectivity index (χ1) is 16.4. The number of pyridine rings is 1. The summed E-state index contributed by atoms with van der Waals surface area (Å²) in [6.45, 7) is 7.95. The molecule has 1 aromatic heterocycles. The summed E-state index contributed by atoms with van der Waals surface area (Å²) in [4.78, 5) is 51.4. The van der Waals surface area contributed by atoms with Crippen molar-refractivity contribution in [3.63, 3.8) is 0 Å². The second kappa shape index (κ2) is 12.0. The number of carbonyl (C=O) groups is 3. The van der Waals surface area contributed by atoms with Crippen molar-refractivity contribution >= 4 is 34.6 Å². The van der Waals surface area contributed by atoms with Crippen molar-refractivity contribution < 1.29 is 33.5 Å². The van der Waals surface area contributed by atoms with E-state index in [-0.39, 0.29) is 28.3 Å². The van der Waals surface area contributed by atoms with Gasteiger partial charge in [-0.3, -0.25) is 24.7 Å². The minimum atomic E-state index is -0.897. The Morgan fingerprint density at radius 2 is 1.89 bits per heavy atom. The van der Waals surface area contributed by atoms with Crippen LogP contribution in [0.5, 0.6) is 5.75 Å². The molecule has 1 atom stereocenters. The van der Waals surface area contributed by atoms with Gasteiger partial charge in [-0.15, -0.1) is 0 Å². The van der Waals surface area contributed by atoms with E-state index in [1.165, 1.54) is 24.4 Å². The van der Waals surface area contributed by atoms with Gasteiger partial charge in [0.05, 0.1) is 10.3 Å². The fraction of sp³-hybridized carbons (Fsp3) is 0.478. The summed E-state index contributed by atoms with van der Waals surface area (Å²) in [5.41, 5.74) is -0.607. The van der Waals surface area contributed by atoms with E-state index in [1.54, 1.807) is 26.8 Å². The molecule has 0 aliphatic heterocycles. The lowest BCUT2D eigenvalue weighted by Gasteiger charge is -2.24. The molecule has 0 aliphatic carbocycles. The van der Waals surface area contributed by atoms with Crippen LogP contribution in [0.4, 0.5) is 10.5 Å². The van der Waals surface area contributed by atoms with E-state index in [9.17, 15) is 24.5 Å². The highest BCUT2D eigenvalue weighted by Crippen LogP contribution is 2.31. The maximum Gasteiger partial charge on any atom is 0.408 e. The van der Waals surface area contributed by atoms with E-state index in [0.717, 1.165) is 0 Å². The predicted octanol–water partition coefficient (Wildman–Crippen LogP) is 3.08. The molecule has 0 unspecified atom stereocenters. The van der Waals surface area contributed by atoms with E-state index in [4.69, 9.17) is 14.2 Å². The Morgan fingerprint density at radius 3 is 2.51 bits per heavy atom. The molecular weight excluding hydrogens is 460 g/mol. The lowest BCUT2D eigenvalue weighted by molar-refractivity contribution is -0.383. The molecule has 12 nitrogen and oxygen atoms in total. The molecule has 0 saturated heterocycles. The van der Waals surface area contributed by atoms with Crippen molar-refractivity contribution in [2.24, 2.45) is 5.92 Å². The molecule has 0 saturated carbocycles. The number of benzene rings is 1. The molecular formula is C23H30N4O8. The van der Waals surface area contributed by atoms with E-state index in [1.807, 2.05) is 13.8 Å². The van der Waals surface area contributed by atoms with Crippen molar-refractivity contribution in [3.8, 4) is 5.75 Å². The van der Waals surface area contributed by atoms with Crippen LogP contribution in [0.1, 0.15) is 41.0 Å². The molecule has 190 valence electrons. The summed E-state index contributed by atoms with van der Waals surface area (Å²) in [6.07, 6.45) is 1.06. The van der Waals surface area contributed by atoms with Crippen LogP contribution in [0.15, 0.2) is 30.5 Å². The first kappa shape index (κ1) is 27.3. The van der Waals surface area contributed by atoms with Crippen LogP contribution in [-0.2, 0) is 19.1 Å². The predicted molar refractivity (Wildman–Crippen MR) is 126 cm³/mol. The third-order valence-electron chi connectivity index (χ3n) is 4.46. The summed E-state index contributed by atoms with van der Waals surface area (Å²) in [5, 5.41) is 16.4. The number of amides is 2. The molecule has 35 heavy (non-hydrogen) atoms. The number of esters is 1. The summed E-state index contributed by atoms with van der Waals surface area (Å²) in [5.74, 6) is -1.06. The Balaban J connectivity index is 1.90. The number of ether oxygens (including phenoxy) is 3. The highest BCUT2D eigenvalue weighted by Gasteiger charge is 2.25. The first-order valence-corrected chi connectivity index (χ1v) is 10.9. The highest BCUT2D eigenvalue weighted by molar-refractivity contribution is 5.92. The van der Waals surface area contributed by atoms with Gasteiger partial charge in [0, 0.05) is 12.3 Å². The number of nitrogens with one attached hydrogen (secondary N) is 2. The Hall–Kier alpha value is -3.96. The van der Waals surface area contributed by atoms with Gasteiger partial charge < -0.3 is 24.8 Å². The first-order valence-electron chi connectivity index (χ1n) is 10.9. The summed E-state index contributed by atoms with van der Waals surface area (Å²) in [7, 11) is 0. The van der Waals surface area contributed by atoms with Gasteiger partial charge in [0.15, 0.2) is 0 Å². The van der Waals surface area contributed by atoms with Crippen molar-refractivity contribution in [1.29, 1.82) is 0 Å². The fourth-order valence-electron chi connectivity index (χ4n) is 3.05. The van der Waals surface area contributed by atoms with Crippen molar-refractivity contribution in [3.05, 3.63) is 40.6 Å². The quantitative estimate of drug-likeness (QED) is 0.221.